The summed E-state index contributed by atoms with van der Waals surface area (Å²) in [4.78, 5) is 34.4. The minimum absolute atomic E-state index is 0.00247. The van der Waals surface area contributed by atoms with Gasteiger partial charge in [0.15, 0.2) is 11.5 Å². The summed E-state index contributed by atoms with van der Waals surface area (Å²) in [5.41, 5.74) is 4.80. The summed E-state index contributed by atoms with van der Waals surface area (Å²) in [5.74, 6) is 0.0578. The van der Waals surface area contributed by atoms with Crippen molar-refractivity contribution in [1.29, 1.82) is 0 Å². The normalized spacial score (nSPS) is 15.5. The molecule has 190 valence electrons. The Kier molecular flexibility index (Phi) is 6.55. The maximum Gasteiger partial charge on any atom is 0.410 e. The molecule has 1 fully saturated rings. The highest BCUT2D eigenvalue weighted by Crippen LogP contribution is 2.39. The fraction of sp³-hybridized carbons (Fsp3) is 0.375. The van der Waals surface area contributed by atoms with Crippen molar-refractivity contribution < 1.29 is 24.2 Å². The van der Waals surface area contributed by atoms with Gasteiger partial charge in [0.05, 0.1) is 32.1 Å². The van der Waals surface area contributed by atoms with Crippen LogP contribution in [0.4, 0.5) is 16.3 Å². The van der Waals surface area contributed by atoms with Crippen molar-refractivity contribution in [2.75, 3.05) is 31.2 Å². The fourth-order valence-corrected chi connectivity index (χ4v) is 4.02. The fourth-order valence-electron chi connectivity index (χ4n) is 4.02. The van der Waals surface area contributed by atoms with Gasteiger partial charge >= 0.3 is 6.09 Å². The third-order valence-corrected chi connectivity index (χ3v) is 5.57. The first kappa shape index (κ1) is 24.9. The molecule has 0 aliphatic carbocycles. The molecule has 3 heterocycles. The Balaban J connectivity index is 1.60. The molecular weight excluding hydrogens is 466 g/mol. The van der Waals surface area contributed by atoms with E-state index in [1.54, 1.807) is 52.3 Å². The number of nitrogen functional groups attached to an aromatic ring is 1. The second-order valence-corrected chi connectivity index (χ2v) is 9.57. The molecule has 0 bridgehead atoms. The number of rotatable bonds is 6. The van der Waals surface area contributed by atoms with Crippen molar-refractivity contribution in [1.82, 2.24) is 24.6 Å². The van der Waals surface area contributed by atoms with Crippen LogP contribution in [0.2, 0.25) is 0 Å². The maximum absolute atomic E-state index is 12.6. The van der Waals surface area contributed by atoms with Crippen LogP contribution >= 0.6 is 0 Å². The molecule has 1 saturated heterocycles. The quantitative estimate of drug-likeness (QED) is 0.465. The molecule has 0 saturated carbocycles. The molecule has 0 spiro atoms. The van der Waals surface area contributed by atoms with E-state index in [1.165, 1.54) is 28.2 Å². The number of likely N-dealkylation sites (tertiary alicyclic amines) is 1. The van der Waals surface area contributed by atoms with Gasteiger partial charge in [-0.15, -0.1) is 0 Å². The van der Waals surface area contributed by atoms with Gasteiger partial charge in [-0.05, 0) is 38.5 Å². The zero-order chi connectivity index (χ0) is 26.1. The average Bonchev–Trinajstić information content (AvgIpc) is 3.24. The van der Waals surface area contributed by atoms with Gasteiger partial charge in [-0.2, -0.15) is 5.10 Å². The first-order chi connectivity index (χ1) is 17.0. The molecule has 12 heteroatoms. The Morgan fingerprint density at radius 2 is 1.94 bits per heavy atom. The van der Waals surface area contributed by atoms with E-state index in [0.717, 1.165) is 0 Å². The van der Waals surface area contributed by atoms with Crippen molar-refractivity contribution in [3.8, 4) is 5.75 Å². The van der Waals surface area contributed by atoms with Gasteiger partial charge in [0.1, 0.15) is 23.0 Å². The summed E-state index contributed by atoms with van der Waals surface area (Å²) in [5, 5.41) is 18.7. The number of carbonyl (C=O) groups is 2. The van der Waals surface area contributed by atoms with Gasteiger partial charge in [0.25, 0.3) is 5.91 Å². The highest BCUT2D eigenvalue weighted by atomic mass is 16.6. The van der Waals surface area contributed by atoms with Crippen molar-refractivity contribution in [3.63, 3.8) is 0 Å². The smallest absolute Gasteiger partial charge is 0.410 e. The summed E-state index contributed by atoms with van der Waals surface area (Å²) >= 11 is 0. The molecule has 3 aromatic rings. The number of nitrogens with zero attached hydrogens (tertiary/aromatic N) is 5. The SMILES string of the molecule is COc1cccc(C(n2cc(NC(=O)c3nccnc3N)cn2)C2(O)CN(C(=O)OC(C)(C)C)C2)c1. The van der Waals surface area contributed by atoms with Gasteiger partial charge in [-0.1, -0.05) is 12.1 Å². The van der Waals surface area contributed by atoms with Crippen molar-refractivity contribution in [2.24, 2.45) is 0 Å². The Hall–Kier alpha value is -4.19. The van der Waals surface area contributed by atoms with Gasteiger partial charge in [-0.25, -0.2) is 14.8 Å². The molecule has 1 aromatic carbocycles. The minimum Gasteiger partial charge on any atom is -0.497 e. The lowest BCUT2D eigenvalue weighted by atomic mass is 9.82. The third-order valence-electron chi connectivity index (χ3n) is 5.57. The van der Waals surface area contributed by atoms with Crippen LogP contribution in [0, 0.1) is 0 Å². The van der Waals surface area contributed by atoms with Gasteiger partial charge < -0.3 is 30.5 Å². The highest BCUT2D eigenvalue weighted by molar-refractivity contribution is 6.05. The number of carbonyl (C=O) groups excluding carboxylic acids is 2. The Morgan fingerprint density at radius 3 is 2.61 bits per heavy atom. The van der Waals surface area contributed by atoms with Crippen LogP contribution in [0.25, 0.3) is 0 Å². The lowest BCUT2D eigenvalue weighted by molar-refractivity contribution is -0.120. The lowest BCUT2D eigenvalue weighted by Gasteiger charge is -2.50. The molecule has 4 rings (SSSR count). The number of methoxy groups -OCH3 is 1. The van der Waals surface area contributed by atoms with E-state index >= 15 is 0 Å². The van der Waals surface area contributed by atoms with Crippen molar-refractivity contribution in [3.05, 3.63) is 60.3 Å². The van der Waals surface area contributed by atoms with Crippen LogP contribution in [0.1, 0.15) is 42.9 Å². The number of nitrogens with two attached hydrogens (primary N) is 1. The Morgan fingerprint density at radius 1 is 1.22 bits per heavy atom. The summed E-state index contributed by atoms with van der Waals surface area (Å²) in [6, 6.07) is 6.52. The number of nitrogens with one attached hydrogen (secondary N) is 1. The van der Waals surface area contributed by atoms with Crippen LogP contribution in [0.5, 0.6) is 5.75 Å². The molecule has 1 unspecified atom stereocenters. The molecule has 1 aliphatic rings. The second-order valence-electron chi connectivity index (χ2n) is 9.57. The molecule has 36 heavy (non-hydrogen) atoms. The Labute approximate surface area is 208 Å². The number of aliphatic hydroxyl groups is 1. The number of anilines is 2. The van der Waals surface area contributed by atoms with Gasteiger partial charge in [0, 0.05) is 18.6 Å². The van der Waals surface area contributed by atoms with Crippen LogP contribution in [-0.2, 0) is 4.74 Å². The second kappa shape index (κ2) is 9.46. The zero-order valence-electron chi connectivity index (χ0n) is 20.5. The zero-order valence-corrected chi connectivity index (χ0v) is 20.5. The lowest BCUT2D eigenvalue weighted by Crippen LogP contribution is -2.67. The summed E-state index contributed by atoms with van der Waals surface area (Å²) in [6.45, 7) is 5.40. The van der Waals surface area contributed by atoms with E-state index in [2.05, 4.69) is 20.4 Å². The van der Waals surface area contributed by atoms with Crippen molar-refractivity contribution in [2.45, 2.75) is 38.0 Å². The van der Waals surface area contributed by atoms with Crippen LogP contribution in [-0.4, -0.2) is 73.2 Å². The number of aromatic nitrogens is 4. The van der Waals surface area contributed by atoms with Gasteiger partial charge in [-0.3, -0.25) is 9.48 Å². The number of hydrogen-bond donors (Lipinski definition) is 3. The van der Waals surface area contributed by atoms with E-state index in [1.807, 2.05) is 6.07 Å². The number of hydrogen-bond acceptors (Lipinski definition) is 9. The maximum atomic E-state index is 12.6. The monoisotopic (exact) mass is 495 g/mol. The summed E-state index contributed by atoms with van der Waals surface area (Å²) < 4.78 is 12.3. The number of benzene rings is 1. The molecule has 0 radical (unpaired) electrons. The predicted octanol–water partition coefficient (Wildman–Crippen LogP) is 2.09. The highest BCUT2D eigenvalue weighted by Gasteiger charge is 2.52. The van der Waals surface area contributed by atoms with E-state index in [-0.39, 0.29) is 24.6 Å². The molecule has 2 amide bonds. The van der Waals surface area contributed by atoms with Crippen LogP contribution in [0.15, 0.2) is 49.1 Å². The standard InChI is InChI=1S/C24H29N7O5/c1-23(2,3)36-22(33)30-13-24(34,14-30)19(15-6-5-7-17(10-15)35-4)31-12-16(11-28-31)29-21(32)18-20(25)27-9-8-26-18/h5-12,19,34H,13-14H2,1-4H3,(H2,25,27)(H,29,32). The Bertz CT molecular complexity index is 1260. The van der Waals surface area contributed by atoms with E-state index in [4.69, 9.17) is 15.2 Å². The van der Waals surface area contributed by atoms with Crippen LogP contribution < -0.4 is 15.8 Å². The molecule has 1 aliphatic heterocycles. The van der Waals surface area contributed by atoms with E-state index in [9.17, 15) is 14.7 Å². The topological polar surface area (TPSA) is 158 Å². The predicted molar refractivity (Wildman–Crippen MR) is 131 cm³/mol. The van der Waals surface area contributed by atoms with E-state index < -0.39 is 29.2 Å². The summed E-state index contributed by atoms with van der Waals surface area (Å²) in [7, 11) is 1.55. The van der Waals surface area contributed by atoms with Crippen molar-refractivity contribution >= 4 is 23.5 Å². The summed E-state index contributed by atoms with van der Waals surface area (Å²) in [6.07, 6.45) is 5.29. The first-order valence-electron chi connectivity index (χ1n) is 11.3. The van der Waals surface area contributed by atoms with Gasteiger partial charge in [0.2, 0.25) is 0 Å². The number of ether oxygens (including phenoxy) is 2. The minimum atomic E-state index is -1.36. The number of amides is 2. The van der Waals surface area contributed by atoms with E-state index in [0.29, 0.717) is 17.0 Å². The molecule has 2 aromatic heterocycles. The molecule has 12 nitrogen and oxygen atoms in total. The molecule has 4 N–H and O–H groups in total. The molecular formula is C24H29N7O5. The first-order valence-corrected chi connectivity index (χ1v) is 11.3. The third kappa shape index (κ3) is 5.23. The van der Waals surface area contributed by atoms with Crippen LogP contribution in [0.3, 0.4) is 0 Å². The average molecular weight is 496 g/mol. The number of β-amino-alcohol motifs (C(OH)–C–C–N with tert-alkyl or cyclic N) is 1. The molecule has 1 atom stereocenters. The largest absolute Gasteiger partial charge is 0.497 e.